The zero-order chi connectivity index (χ0) is 12.7. The Bertz CT molecular complexity index is 337. The Morgan fingerprint density at radius 1 is 1.35 bits per heavy atom. The van der Waals surface area contributed by atoms with E-state index in [1.54, 1.807) is 0 Å². The molecule has 1 atom stereocenters. The molecule has 0 aliphatic carbocycles. The number of amides is 1. The van der Waals surface area contributed by atoms with Crippen LogP contribution in [0.5, 0.6) is 0 Å². The molecule has 0 bridgehead atoms. The van der Waals surface area contributed by atoms with Gasteiger partial charge in [-0.1, -0.05) is 53.2 Å². The second-order valence-corrected chi connectivity index (χ2v) is 5.93. The van der Waals surface area contributed by atoms with E-state index >= 15 is 0 Å². The van der Waals surface area contributed by atoms with E-state index in [4.69, 9.17) is 0 Å². The first kappa shape index (κ1) is 14.2. The largest absolute Gasteiger partial charge is 0.346 e. The normalized spacial score (nSPS) is 12.2. The van der Waals surface area contributed by atoms with Crippen molar-refractivity contribution in [2.45, 2.75) is 31.0 Å². The predicted octanol–water partition coefficient (Wildman–Crippen LogP) is 3.25. The molecule has 94 valence electrons. The molecule has 0 spiro atoms. The molecule has 0 aliphatic rings. The van der Waals surface area contributed by atoms with E-state index < -0.39 is 0 Å². The van der Waals surface area contributed by atoms with Gasteiger partial charge in [0.15, 0.2) is 0 Å². The molecule has 0 N–H and O–H groups in total. The fourth-order valence-electron chi connectivity index (χ4n) is 1.58. The summed E-state index contributed by atoms with van der Waals surface area (Å²) >= 11 is 3.49. The molecule has 0 saturated carbocycles. The smallest absolute Gasteiger partial charge is 0.222 e. The van der Waals surface area contributed by atoms with Gasteiger partial charge < -0.3 is 4.90 Å². The van der Waals surface area contributed by atoms with Crippen molar-refractivity contribution in [1.29, 1.82) is 0 Å². The van der Waals surface area contributed by atoms with Crippen molar-refractivity contribution in [2.24, 2.45) is 0 Å². The van der Waals surface area contributed by atoms with E-state index in [2.05, 4.69) is 35.0 Å². The molecule has 2 nitrogen and oxygen atoms in total. The van der Waals surface area contributed by atoms with Gasteiger partial charge in [-0.15, -0.1) is 0 Å². The van der Waals surface area contributed by atoms with Crippen LogP contribution in [-0.4, -0.2) is 29.2 Å². The lowest BCUT2D eigenvalue weighted by atomic mass is 10.1. The Morgan fingerprint density at radius 2 is 2.00 bits per heavy atom. The Morgan fingerprint density at radius 3 is 2.59 bits per heavy atom. The number of aryl methyl sites for hydroxylation is 1. The van der Waals surface area contributed by atoms with Crippen molar-refractivity contribution in [3.63, 3.8) is 0 Å². The van der Waals surface area contributed by atoms with E-state index in [1.165, 1.54) is 5.56 Å². The quantitative estimate of drug-likeness (QED) is 0.738. The maximum Gasteiger partial charge on any atom is 0.222 e. The summed E-state index contributed by atoms with van der Waals surface area (Å²) < 4.78 is 0. The number of halogens is 1. The fourth-order valence-corrected chi connectivity index (χ4v) is 1.79. The number of rotatable bonds is 6. The van der Waals surface area contributed by atoms with Crippen LogP contribution in [0.3, 0.4) is 0 Å². The van der Waals surface area contributed by atoms with Crippen LogP contribution in [0.15, 0.2) is 30.3 Å². The number of alkyl halides is 1. The highest BCUT2D eigenvalue weighted by molar-refractivity contribution is 9.09. The monoisotopic (exact) mass is 297 g/mol. The van der Waals surface area contributed by atoms with Crippen LogP contribution in [0.4, 0.5) is 0 Å². The summed E-state index contributed by atoms with van der Waals surface area (Å²) in [6, 6.07) is 10.1. The molecule has 1 amide bonds. The van der Waals surface area contributed by atoms with E-state index in [-0.39, 0.29) is 5.91 Å². The summed E-state index contributed by atoms with van der Waals surface area (Å²) in [6.07, 6.45) is 2.42. The van der Waals surface area contributed by atoms with Crippen LogP contribution in [0, 0.1) is 0 Å². The Hall–Kier alpha value is -0.830. The second-order valence-electron chi connectivity index (χ2n) is 4.37. The Balaban J connectivity index is 2.29. The first-order chi connectivity index (χ1) is 8.09. The topological polar surface area (TPSA) is 20.3 Å². The van der Waals surface area contributed by atoms with Crippen molar-refractivity contribution in [3.05, 3.63) is 35.9 Å². The SMILES string of the molecule is CC(Br)CCN(C)C(=O)CCc1ccccc1. The molecule has 0 fully saturated rings. The molecule has 0 saturated heterocycles. The fraction of sp³-hybridized carbons (Fsp3) is 0.500. The van der Waals surface area contributed by atoms with Gasteiger partial charge in [-0.2, -0.15) is 0 Å². The minimum Gasteiger partial charge on any atom is -0.346 e. The van der Waals surface area contributed by atoms with Crippen molar-refractivity contribution in [1.82, 2.24) is 4.90 Å². The second kappa shape index (κ2) is 7.49. The van der Waals surface area contributed by atoms with E-state index in [1.807, 2.05) is 30.1 Å². The highest BCUT2D eigenvalue weighted by atomic mass is 79.9. The number of hydrogen-bond donors (Lipinski definition) is 0. The lowest BCUT2D eigenvalue weighted by Crippen LogP contribution is -2.28. The lowest BCUT2D eigenvalue weighted by Gasteiger charge is -2.17. The summed E-state index contributed by atoms with van der Waals surface area (Å²) in [5.41, 5.74) is 1.23. The van der Waals surface area contributed by atoms with Crippen LogP contribution in [0.2, 0.25) is 0 Å². The minimum absolute atomic E-state index is 0.224. The summed E-state index contributed by atoms with van der Waals surface area (Å²) in [4.78, 5) is 14.1. The highest BCUT2D eigenvalue weighted by Gasteiger charge is 2.09. The molecular formula is C14H20BrNO. The molecule has 17 heavy (non-hydrogen) atoms. The minimum atomic E-state index is 0.224. The molecule has 0 aliphatic heterocycles. The molecular weight excluding hydrogens is 278 g/mol. The van der Waals surface area contributed by atoms with Crippen LogP contribution in [0.1, 0.15) is 25.3 Å². The van der Waals surface area contributed by atoms with Crippen molar-refractivity contribution in [2.75, 3.05) is 13.6 Å². The van der Waals surface area contributed by atoms with Crippen molar-refractivity contribution >= 4 is 21.8 Å². The number of carbonyl (C=O) groups is 1. The zero-order valence-electron chi connectivity index (χ0n) is 10.5. The number of carbonyl (C=O) groups excluding carboxylic acids is 1. The predicted molar refractivity (Wildman–Crippen MR) is 75.4 cm³/mol. The van der Waals surface area contributed by atoms with Gasteiger partial charge in [0.25, 0.3) is 0 Å². The van der Waals surface area contributed by atoms with Gasteiger partial charge in [0.2, 0.25) is 5.91 Å². The average Bonchev–Trinajstić information content (AvgIpc) is 2.34. The van der Waals surface area contributed by atoms with Crippen LogP contribution >= 0.6 is 15.9 Å². The Kier molecular flexibility index (Phi) is 6.27. The molecule has 1 unspecified atom stereocenters. The van der Waals surface area contributed by atoms with E-state index in [9.17, 15) is 4.79 Å². The summed E-state index contributed by atoms with van der Waals surface area (Å²) in [5, 5.41) is 0. The maximum absolute atomic E-state index is 11.8. The van der Waals surface area contributed by atoms with Gasteiger partial charge in [0, 0.05) is 24.8 Å². The molecule has 1 aromatic rings. The van der Waals surface area contributed by atoms with Crippen molar-refractivity contribution in [3.8, 4) is 0 Å². The van der Waals surface area contributed by atoms with Gasteiger partial charge in [0.05, 0.1) is 0 Å². The number of hydrogen-bond acceptors (Lipinski definition) is 1. The third-order valence-corrected chi connectivity index (χ3v) is 3.22. The van der Waals surface area contributed by atoms with E-state index in [0.29, 0.717) is 11.2 Å². The molecule has 3 heteroatoms. The van der Waals surface area contributed by atoms with Gasteiger partial charge >= 0.3 is 0 Å². The Labute approximate surface area is 112 Å². The molecule has 1 rings (SSSR count). The number of nitrogens with zero attached hydrogens (tertiary/aromatic N) is 1. The first-order valence-electron chi connectivity index (χ1n) is 6.01. The van der Waals surface area contributed by atoms with E-state index in [0.717, 1.165) is 19.4 Å². The molecule has 0 aromatic heterocycles. The lowest BCUT2D eigenvalue weighted by molar-refractivity contribution is -0.129. The zero-order valence-corrected chi connectivity index (χ0v) is 12.1. The van der Waals surface area contributed by atoms with Gasteiger partial charge in [-0.25, -0.2) is 0 Å². The average molecular weight is 298 g/mol. The highest BCUT2D eigenvalue weighted by Crippen LogP contribution is 2.07. The number of benzene rings is 1. The standard InChI is InChI=1S/C14H20BrNO/c1-12(15)10-11-16(2)14(17)9-8-13-6-4-3-5-7-13/h3-7,12H,8-11H2,1-2H3. The maximum atomic E-state index is 11.8. The van der Waals surface area contributed by atoms with Gasteiger partial charge in [-0.3, -0.25) is 4.79 Å². The molecule has 0 heterocycles. The van der Waals surface area contributed by atoms with Crippen molar-refractivity contribution < 1.29 is 4.79 Å². The van der Waals surface area contributed by atoms with Gasteiger partial charge in [0.1, 0.15) is 0 Å². The third-order valence-electron chi connectivity index (χ3n) is 2.76. The summed E-state index contributed by atoms with van der Waals surface area (Å²) in [7, 11) is 1.88. The summed E-state index contributed by atoms with van der Waals surface area (Å²) in [5.74, 6) is 0.224. The first-order valence-corrected chi connectivity index (χ1v) is 6.93. The van der Waals surface area contributed by atoms with Crippen LogP contribution < -0.4 is 0 Å². The molecule has 1 aromatic carbocycles. The molecule has 0 radical (unpaired) electrons. The third kappa shape index (κ3) is 5.87. The summed E-state index contributed by atoms with van der Waals surface area (Å²) in [6.45, 7) is 2.92. The van der Waals surface area contributed by atoms with Crippen LogP contribution in [-0.2, 0) is 11.2 Å². The van der Waals surface area contributed by atoms with Gasteiger partial charge in [-0.05, 0) is 18.4 Å². The van der Waals surface area contributed by atoms with Crippen LogP contribution in [0.25, 0.3) is 0 Å².